The summed E-state index contributed by atoms with van der Waals surface area (Å²) in [5.41, 5.74) is 16.7. The number of hydrogen-bond acceptors (Lipinski definition) is 2. The van der Waals surface area contributed by atoms with Gasteiger partial charge in [-0.1, -0.05) is 158 Å². The number of rotatable bonds is 6. The van der Waals surface area contributed by atoms with Crippen LogP contribution in [0.25, 0.3) is 55.0 Å². The van der Waals surface area contributed by atoms with E-state index in [0.717, 1.165) is 35.4 Å². The summed E-state index contributed by atoms with van der Waals surface area (Å²) >= 11 is 0. The van der Waals surface area contributed by atoms with Gasteiger partial charge in [-0.25, -0.2) is 0 Å². The molecule has 0 bridgehead atoms. The molecule has 266 valence electrons. The van der Waals surface area contributed by atoms with E-state index in [2.05, 4.69) is 206 Å². The number of allylic oxidation sites excluding steroid dienone is 4. The highest BCUT2D eigenvalue weighted by Crippen LogP contribution is 2.55. The van der Waals surface area contributed by atoms with Gasteiger partial charge in [-0.2, -0.15) is 0 Å². The van der Waals surface area contributed by atoms with Gasteiger partial charge in [0.25, 0.3) is 0 Å². The summed E-state index contributed by atoms with van der Waals surface area (Å²) in [4.78, 5) is 2.37. The first-order valence-corrected chi connectivity index (χ1v) is 19.6. The van der Waals surface area contributed by atoms with Gasteiger partial charge in [0.2, 0.25) is 0 Å². The van der Waals surface area contributed by atoms with Crippen molar-refractivity contribution >= 4 is 60.9 Å². The minimum Gasteiger partial charge on any atom is -0.456 e. The topological polar surface area (TPSA) is 16.4 Å². The maximum atomic E-state index is 6.88. The molecular formula is C54H39NO. The molecule has 0 spiro atoms. The van der Waals surface area contributed by atoms with Crippen molar-refractivity contribution in [2.45, 2.75) is 25.2 Å². The molecule has 11 rings (SSSR count). The summed E-state index contributed by atoms with van der Waals surface area (Å²) in [7, 11) is 0. The highest BCUT2D eigenvalue weighted by molar-refractivity contribution is 6.12. The average Bonchev–Trinajstić information content (AvgIpc) is 3.78. The maximum absolute atomic E-state index is 6.88. The lowest BCUT2D eigenvalue weighted by Gasteiger charge is -2.29. The zero-order chi connectivity index (χ0) is 37.2. The number of benzene rings is 8. The van der Waals surface area contributed by atoms with Crippen molar-refractivity contribution in [3.05, 3.63) is 222 Å². The molecule has 9 aromatic rings. The Morgan fingerprint density at radius 3 is 1.82 bits per heavy atom. The molecule has 0 aliphatic heterocycles. The zero-order valence-corrected chi connectivity index (χ0v) is 31.2. The van der Waals surface area contributed by atoms with Gasteiger partial charge in [-0.15, -0.1) is 0 Å². The highest BCUT2D eigenvalue weighted by Gasteiger charge is 2.42. The van der Waals surface area contributed by atoms with Crippen LogP contribution in [0.3, 0.4) is 0 Å². The quantitative estimate of drug-likeness (QED) is 0.170. The summed E-state index contributed by atoms with van der Waals surface area (Å²) in [5, 5.41) is 4.84. The Bertz CT molecular complexity index is 2980. The molecule has 1 heterocycles. The minimum absolute atomic E-state index is 0.346. The first-order valence-electron chi connectivity index (χ1n) is 19.6. The van der Waals surface area contributed by atoms with E-state index in [4.69, 9.17) is 4.42 Å². The molecule has 0 saturated carbocycles. The molecule has 56 heavy (non-hydrogen) atoms. The van der Waals surface area contributed by atoms with Crippen molar-refractivity contribution in [2.75, 3.05) is 4.90 Å². The van der Waals surface area contributed by atoms with Crippen molar-refractivity contribution in [3.8, 4) is 11.1 Å². The van der Waals surface area contributed by atoms with Gasteiger partial charge in [-0.3, -0.25) is 0 Å². The third-order valence-electron chi connectivity index (χ3n) is 12.3. The largest absolute Gasteiger partial charge is 0.456 e. The monoisotopic (exact) mass is 717 g/mol. The third-order valence-corrected chi connectivity index (χ3v) is 12.3. The highest BCUT2D eigenvalue weighted by atomic mass is 16.3. The molecule has 0 unspecified atom stereocenters. The molecule has 0 fully saturated rings. The van der Waals surface area contributed by atoms with E-state index in [1.54, 1.807) is 0 Å². The third kappa shape index (κ3) is 4.96. The van der Waals surface area contributed by atoms with Crippen molar-refractivity contribution in [1.82, 2.24) is 0 Å². The number of furan rings is 1. The van der Waals surface area contributed by atoms with E-state index in [9.17, 15) is 0 Å². The lowest BCUT2D eigenvalue weighted by Crippen LogP contribution is -2.22. The van der Waals surface area contributed by atoms with E-state index >= 15 is 0 Å². The van der Waals surface area contributed by atoms with Gasteiger partial charge in [0.05, 0.1) is 5.69 Å². The van der Waals surface area contributed by atoms with Crippen LogP contribution in [0.5, 0.6) is 0 Å². The number of anilines is 3. The molecule has 0 amide bonds. The number of para-hydroxylation sites is 2. The summed E-state index contributed by atoms with van der Waals surface area (Å²) in [6.07, 6.45) is 6.60. The molecule has 8 aromatic carbocycles. The summed E-state index contributed by atoms with van der Waals surface area (Å²) < 4.78 is 6.88. The molecular weight excluding hydrogens is 679 g/mol. The Hall–Kier alpha value is -6.90. The van der Waals surface area contributed by atoms with Crippen molar-refractivity contribution < 1.29 is 4.42 Å². The number of nitrogens with zero attached hydrogens (tertiary/aromatic N) is 1. The van der Waals surface area contributed by atoms with E-state index in [1.807, 2.05) is 0 Å². The van der Waals surface area contributed by atoms with Crippen LogP contribution in [0.1, 0.15) is 47.6 Å². The molecule has 0 radical (unpaired) electrons. The lowest BCUT2D eigenvalue weighted by molar-refractivity contribution is 0.637. The number of fused-ring (bicyclic) bond motifs is 7. The second-order valence-corrected chi connectivity index (χ2v) is 15.3. The smallest absolute Gasteiger partial charge is 0.140 e. The molecule has 2 aliphatic rings. The van der Waals surface area contributed by atoms with E-state index < -0.39 is 0 Å². The lowest BCUT2D eigenvalue weighted by atomic mass is 9.73. The van der Waals surface area contributed by atoms with Crippen LogP contribution >= 0.6 is 0 Å². The molecule has 2 nitrogen and oxygen atoms in total. The predicted octanol–water partition coefficient (Wildman–Crippen LogP) is 14.8. The number of hydrogen-bond donors (Lipinski definition) is 0. The Labute approximate surface area is 327 Å². The predicted molar refractivity (Wildman–Crippen MR) is 235 cm³/mol. The normalized spacial score (nSPS) is 14.4. The second kappa shape index (κ2) is 12.9. The molecule has 0 N–H and O–H groups in total. The van der Waals surface area contributed by atoms with Gasteiger partial charge >= 0.3 is 0 Å². The molecule has 0 saturated heterocycles. The van der Waals surface area contributed by atoms with Crippen LogP contribution < -0.4 is 4.90 Å². The maximum Gasteiger partial charge on any atom is 0.140 e. The summed E-state index contributed by atoms with van der Waals surface area (Å²) in [5.74, 6) is 0. The van der Waals surface area contributed by atoms with Gasteiger partial charge < -0.3 is 9.32 Å². The van der Waals surface area contributed by atoms with Crippen LogP contribution in [0, 0.1) is 0 Å². The van der Waals surface area contributed by atoms with Crippen LogP contribution in [-0.4, -0.2) is 0 Å². The van der Waals surface area contributed by atoms with Gasteiger partial charge in [0.15, 0.2) is 0 Å². The van der Waals surface area contributed by atoms with Gasteiger partial charge in [-0.05, 0) is 106 Å². The van der Waals surface area contributed by atoms with Crippen molar-refractivity contribution in [1.29, 1.82) is 0 Å². The van der Waals surface area contributed by atoms with Crippen molar-refractivity contribution in [3.63, 3.8) is 0 Å². The fourth-order valence-electron chi connectivity index (χ4n) is 9.57. The summed E-state index contributed by atoms with van der Waals surface area (Å²) in [6.45, 7) is 2.38. The first-order chi connectivity index (χ1) is 27.7. The van der Waals surface area contributed by atoms with Gasteiger partial charge in [0, 0.05) is 38.5 Å². The Morgan fingerprint density at radius 1 is 0.464 bits per heavy atom. The van der Waals surface area contributed by atoms with E-state index in [1.165, 1.54) is 77.3 Å². The van der Waals surface area contributed by atoms with Crippen LogP contribution in [0.2, 0.25) is 0 Å². The second-order valence-electron chi connectivity index (χ2n) is 15.3. The molecule has 1 aromatic heterocycles. The van der Waals surface area contributed by atoms with E-state index in [-0.39, 0.29) is 5.41 Å². The Balaban J connectivity index is 0.983. The molecule has 0 atom stereocenters. The minimum atomic E-state index is -0.346. The fraction of sp³-hybridized carbons (Fsp3) is 0.0741. The standard InChI is InChI=1S/C54H39NO/c1-54(47-22-10-7-19-44(47)45-20-8-11-23-48(45)54)49-35-34-43(52-46-21-9-12-25-51(46)56-53(49)52)39-28-26-36(27-29-39)37-30-32-41(33-31-37)55(40-16-3-2-4-17-40)50-24-13-15-38-14-5-6-18-42(38)50/h2-26,28,30-35H,27,29H2,1H3. The van der Waals surface area contributed by atoms with Crippen LogP contribution in [0.4, 0.5) is 17.1 Å². The van der Waals surface area contributed by atoms with Crippen LogP contribution in [0.15, 0.2) is 199 Å². The first kappa shape index (κ1) is 32.5. The average molecular weight is 718 g/mol. The molecule has 2 heteroatoms. The Kier molecular flexibility index (Phi) is 7.47. The SMILES string of the molecule is CC1(c2ccc(C3=CC=C(c4ccc(N(c5ccccc5)c5cccc6ccccc56)cc4)CC3)c3c2oc2ccccc23)c2ccccc2-c2ccccc21. The van der Waals surface area contributed by atoms with E-state index in [0.29, 0.717) is 0 Å². The molecule has 2 aliphatic carbocycles. The fourth-order valence-corrected chi connectivity index (χ4v) is 9.57. The Morgan fingerprint density at radius 2 is 1.07 bits per heavy atom. The summed E-state index contributed by atoms with van der Waals surface area (Å²) in [6, 6.07) is 66.0. The zero-order valence-electron chi connectivity index (χ0n) is 31.2. The van der Waals surface area contributed by atoms with Crippen LogP contribution in [-0.2, 0) is 5.41 Å². The van der Waals surface area contributed by atoms with Crippen molar-refractivity contribution in [2.24, 2.45) is 0 Å². The van der Waals surface area contributed by atoms with Gasteiger partial charge in [0.1, 0.15) is 11.2 Å².